The van der Waals surface area contributed by atoms with Gasteiger partial charge in [0.2, 0.25) is 0 Å². The molecule has 0 amide bonds. The minimum absolute atomic E-state index is 0.678. The van der Waals surface area contributed by atoms with E-state index in [-0.39, 0.29) is 0 Å². The van der Waals surface area contributed by atoms with Crippen LogP contribution < -0.4 is 5.32 Å². The molecule has 0 spiro atoms. The summed E-state index contributed by atoms with van der Waals surface area (Å²) in [5.74, 6) is 2.67. The number of nitrogens with one attached hydrogen (secondary N) is 1. The van der Waals surface area contributed by atoms with Gasteiger partial charge in [-0.2, -0.15) is 34.9 Å². The maximum atomic E-state index is 3.84. The van der Waals surface area contributed by atoms with Gasteiger partial charge in [-0.3, -0.25) is 0 Å². The van der Waals surface area contributed by atoms with Crippen molar-refractivity contribution in [2.75, 3.05) is 18.1 Å². The number of rotatable bonds is 8. The summed E-state index contributed by atoms with van der Waals surface area (Å²) in [4.78, 5) is 0. The van der Waals surface area contributed by atoms with Crippen LogP contribution in [0.2, 0.25) is 0 Å². The van der Waals surface area contributed by atoms with Crippen molar-refractivity contribution in [2.24, 2.45) is 0 Å². The van der Waals surface area contributed by atoms with Gasteiger partial charge in [-0.1, -0.05) is 13.8 Å². The van der Waals surface area contributed by atoms with Crippen LogP contribution in [0, 0.1) is 0 Å². The molecular weight excluding hydrogens is 302 g/mol. The molecule has 3 unspecified atom stereocenters. The SMILES string of the molecule is CCCNC(CCc1ccsc1)C1SCCSC1CC. The zero-order chi connectivity index (χ0) is 14.2. The highest BCUT2D eigenvalue weighted by molar-refractivity contribution is 8.07. The zero-order valence-electron chi connectivity index (χ0n) is 12.6. The smallest absolute Gasteiger partial charge is 0.0320 e. The van der Waals surface area contributed by atoms with Crippen molar-refractivity contribution in [3.8, 4) is 0 Å². The Morgan fingerprint density at radius 1 is 1.30 bits per heavy atom. The number of aryl methyl sites for hydroxylation is 1. The third-order valence-electron chi connectivity index (χ3n) is 3.87. The van der Waals surface area contributed by atoms with E-state index in [1.807, 2.05) is 11.3 Å². The average molecular weight is 330 g/mol. The Hall–Kier alpha value is 0.360. The topological polar surface area (TPSA) is 12.0 Å². The van der Waals surface area contributed by atoms with Crippen molar-refractivity contribution in [3.63, 3.8) is 0 Å². The Kier molecular flexibility index (Phi) is 7.85. The number of thioether (sulfide) groups is 2. The molecule has 0 saturated carbocycles. The largest absolute Gasteiger partial charge is 0.313 e. The third-order valence-corrected chi connectivity index (χ3v) is 8.01. The van der Waals surface area contributed by atoms with Crippen molar-refractivity contribution in [2.45, 2.75) is 56.1 Å². The lowest BCUT2D eigenvalue weighted by atomic mass is 10.0. The molecule has 1 N–H and O–H groups in total. The van der Waals surface area contributed by atoms with Crippen molar-refractivity contribution < 1.29 is 0 Å². The van der Waals surface area contributed by atoms with E-state index in [0.717, 1.165) is 17.0 Å². The first kappa shape index (κ1) is 16.7. The molecule has 3 atom stereocenters. The predicted octanol–water partition coefficient (Wildman–Crippen LogP) is 4.68. The third kappa shape index (κ3) is 4.97. The van der Waals surface area contributed by atoms with Gasteiger partial charge in [0.1, 0.15) is 0 Å². The van der Waals surface area contributed by atoms with E-state index in [2.05, 4.69) is 59.5 Å². The van der Waals surface area contributed by atoms with Gasteiger partial charge in [0.15, 0.2) is 0 Å². The van der Waals surface area contributed by atoms with Crippen LogP contribution in [-0.4, -0.2) is 34.6 Å². The molecule has 0 bridgehead atoms. The van der Waals surface area contributed by atoms with Crippen molar-refractivity contribution in [3.05, 3.63) is 22.4 Å². The minimum Gasteiger partial charge on any atom is -0.313 e. The van der Waals surface area contributed by atoms with E-state index in [1.54, 1.807) is 0 Å². The molecule has 1 saturated heterocycles. The van der Waals surface area contributed by atoms with Crippen LogP contribution >= 0.6 is 34.9 Å². The molecule has 1 aliphatic heterocycles. The Balaban J connectivity index is 1.93. The Morgan fingerprint density at radius 2 is 2.15 bits per heavy atom. The maximum Gasteiger partial charge on any atom is 0.0320 e. The fourth-order valence-corrected chi connectivity index (χ4v) is 6.79. The maximum absolute atomic E-state index is 3.84. The number of thiophene rings is 1. The van der Waals surface area contributed by atoms with Crippen LogP contribution in [0.15, 0.2) is 16.8 Å². The highest BCUT2D eigenvalue weighted by Gasteiger charge is 2.31. The van der Waals surface area contributed by atoms with E-state index < -0.39 is 0 Å². The molecule has 114 valence electrons. The van der Waals surface area contributed by atoms with Crippen LogP contribution in [-0.2, 0) is 6.42 Å². The fourth-order valence-electron chi connectivity index (χ4n) is 2.78. The van der Waals surface area contributed by atoms with Crippen LogP contribution in [0.4, 0.5) is 0 Å². The molecule has 2 rings (SSSR count). The quantitative estimate of drug-likeness (QED) is 0.744. The summed E-state index contributed by atoms with van der Waals surface area (Å²) in [6.07, 6.45) is 5.05. The van der Waals surface area contributed by atoms with Crippen LogP contribution in [0.3, 0.4) is 0 Å². The summed E-state index contributed by atoms with van der Waals surface area (Å²) in [5.41, 5.74) is 1.51. The highest BCUT2D eigenvalue weighted by atomic mass is 32.2. The van der Waals surface area contributed by atoms with Gasteiger partial charge in [-0.05, 0) is 54.6 Å². The molecule has 1 fully saturated rings. The van der Waals surface area contributed by atoms with E-state index in [1.165, 1.54) is 42.8 Å². The van der Waals surface area contributed by atoms with E-state index in [9.17, 15) is 0 Å². The van der Waals surface area contributed by atoms with Gasteiger partial charge in [-0.25, -0.2) is 0 Å². The first-order valence-electron chi connectivity index (χ1n) is 7.82. The molecule has 0 radical (unpaired) electrons. The van der Waals surface area contributed by atoms with Gasteiger partial charge >= 0.3 is 0 Å². The standard InChI is InChI=1S/C16H27NS3/c1-3-8-17-14(6-5-13-7-9-18-12-13)16-15(4-2)19-10-11-20-16/h7,9,12,14-17H,3-6,8,10-11H2,1-2H3. The first-order chi connectivity index (χ1) is 9.85. The lowest BCUT2D eigenvalue weighted by Gasteiger charge is -2.36. The molecule has 2 heterocycles. The number of hydrogen-bond donors (Lipinski definition) is 1. The molecular formula is C16H27NS3. The number of hydrogen-bond acceptors (Lipinski definition) is 4. The average Bonchev–Trinajstić information content (AvgIpc) is 3.01. The minimum atomic E-state index is 0.678. The second-order valence-electron chi connectivity index (χ2n) is 5.38. The summed E-state index contributed by atoms with van der Waals surface area (Å²) in [6, 6.07) is 2.96. The molecule has 1 nitrogen and oxygen atoms in total. The Bertz CT molecular complexity index is 353. The zero-order valence-corrected chi connectivity index (χ0v) is 15.1. The Morgan fingerprint density at radius 3 is 2.85 bits per heavy atom. The first-order valence-corrected chi connectivity index (χ1v) is 10.9. The molecule has 1 aromatic heterocycles. The van der Waals surface area contributed by atoms with Gasteiger partial charge in [0, 0.05) is 28.0 Å². The van der Waals surface area contributed by atoms with Crippen molar-refractivity contribution in [1.29, 1.82) is 0 Å². The van der Waals surface area contributed by atoms with Gasteiger partial charge in [0.05, 0.1) is 0 Å². The van der Waals surface area contributed by atoms with Gasteiger partial charge in [0.25, 0.3) is 0 Å². The summed E-state index contributed by atoms with van der Waals surface area (Å²) >= 11 is 6.23. The normalized spacial score (nSPS) is 24.7. The molecule has 1 aromatic rings. The molecule has 0 aromatic carbocycles. The van der Waals surface area contributed by atoms with Crippen LogP contribution in [0.5, 0.6) is 0 Å². The van der Waals surface area contributed by atoms with Gasteiger partial charge < -0.3 is 5.32 Å². The van der Waals surface area contributed by atoms with Crippen LogP contribution in [0.25, 0.3) is 0 Å². The molecule has 1 aliphatic rings. The molecule has 4 heteroatoms. The monoisotopic (exact) mass is 329 g/mol. The highest BCUT2D eigenvalue weighted by Crippen LogP contribution is 2.36. The second-order valence-corrected chi connectivity index (χ2v) is 8.80. The van der Waals surface area contributed by atoms with E-state index in [4.69, 9.17) is 0 Å². The predicted molar refractivity (Wildman–Crippen MR) is 97.5 cm³/mol. The summed E-state index contributed by atoms with van der Waals surface area (Å²) in [6.45, 7) is 5.78. The fraction of sp³-hybridized carbons (Fsp3) is 0.750. The summed E-state index contributed by atoms with van der Waals surface area (Å²) < 4.78 is 0. The lowest BCUT2D eigenvalue weighted by Crippen LogP contribution is -2.45. The van der Waals surface area contributed by atoms with Crippen LogP contribution in [0.1, 0.15) is 38.7 Å². The second kappa shape index (κ2) is 9.39. The van der Waals surface area contributed by atoms with E-state index in [0.29, 0.717) is 6.04 Å². The Labute approximate surface area is 136 Å². The summed E-state index contributed by atoms with van der Waals surface area (Å²) in [7, 11) is 0. The summed E-state index contributed by atoms with van der Waals surface area (Å²) in [5, 5.41) is 9.97. The van der Waals surface area contributed by atoms with E-state index >= 15 is 0 Å². The van der Waals surface area contributed by atoms with Crippen molar-refractivity contribution in [1.82, 2.24) is 5.32 Å². The lowest BCUT2D eigenvalue weighted by molar-refractivity contribution is 0.454. The van der Waals surface area contributed by atoms with Gasteiger partial charge in [-0.15, -0.1) is 0 Å². The molecule has 20 heavy (non-hydrogen) atoms. The van der Waals surface area contributed by atoms with Crippen molar-refractivity contribution >= 4 is 34.9 Å². The molecule has 0 aliphatic carbocycles.